The van der Waals surface area contributed by atoms with Crippen molar-refractivity contribution >= 4 is 22.9 Å². The van der Waals surface area contributed by atoms with Gasteiger partial charge in [0.2, 0.25) is 0 Å². The van der Waals surface area contributed by atoms with Crippen LogP contribution in [0.4, 0.5) is 10.1 Å². The van der Waals surface area contributed by atoms with Gasteiger partial charge in [0.05, 0.1) is 12.2 Å². The van der Waals surface area contributed by atoms with Crippen LogP contribution in [0.25, 0.3) is 0 Å². The van der Waals surface area contributed by atoms with Gasteiger partial charge in [0.1, 0.15) is 5.82 Å². The van der Waals surface area contributed by atoms with Crippen molar-refractivity contribution in [1.29, 1.82) is 0 Å². The minimum atomic E-state index is -0.574. The van der Waals surface area contributed by atoms with E-state index in [4.69, 9.17) is 5.73 Å². The fourth-order valence-corrected chi connectivity index (χ4v) is 2.67. The van der Waals surface area contributed by atoms with E-state index in [2.05, 4.69) is 5.32 Å². The first kappa shape index (κ1) is 13.5. The Morgan fingerprint density at radius 2 is 2.11 bits per heavy atom. The minimum absolute atomic E-state index is 0.0426. The molecule has 3 N–H and O–H groups in total. The average Bonchev–Trinajstić information content (AvgIpc) is 2.69. The Morgan fingerprint density at radius 1 is 1.37 bits per heavy atom. The summed E-state index contributed by atoms with van der Waals surface area (Å²) in [7, 11) is 0. The number of nitrogens with two attached hydrogens (primary N) is 1. The second-order valence-electron chi connectivity index (χ2n) is 4.37. The number of hydrogen-bond acceptors (Lipinski definition) is 3. The maximum absolute atomic E-state index is 13.3. The molecule has 1 heterocycles. The molecule has 0 atom stereocenters. The van der Waals surface area contributed by atoms with Crippen LogP contribution >= 0.6 is 11.3 Å². The number of thiophene rings is 1. The topological polar surface area (TPSA) is 55.1 Å². The summed E-state index contributed by atoms with van der Waals surface area (Å²) in [6.07, 6.45) is 0. The third-order valence-corrected chi connectivity index (χ3v) is 4.06. The van der Waals surface area contributed by atoms with E-state index in [-0.39, 0.29) is 17.2 Å². The van der Waals surface area contributed by atoms with Crippen LogP contribution in [0.5, 0.6) is 0 Å². The van der Waals surface area contributed by atoms with Crippen molar-refractivity contribution in [2.24, 2.45) is 0 Å². The molecule has 0 aliphatic heterocycles. The Kier molecular flexibility index (Phi) is 3.85. The van der Waals surface area contributed by atoms with Crippen molar-refractivity contribution in [2.75, 3.05) is 5.73 Å². The van der Waals surface area contributed by atoms with Crippen LogP contribution in [-0.2, 0) is 6.54 Å². The second-order valence-corrected chi connectivity index (χ2v) is 5.71. The quantitative estimate of drug-likeness (QED) is 0.848. The molecule has 0 aliphatic carbocycles. The Hall–Kier alpha value is -1.88. The lowest BCUT2D eigenvalue weighted by atomic mass is 10.2. The van der Waals surface area contributed by atoms with Crippen LogP contribution in [-0.4, -0.2) is 5.91 Å². The van der Waals surface area contributed by atoms with Crippen LogP contribution in [0.3, 0.4) is 0 Å². The first-order chi connectivity index (χ1) is 8.97. The van der Waals surface area contributed by atoms with Gasteiger partial charge < -0.3 is 11.1 Å². The molecule has 0 saturated heterocycles. The zero-order chi connectivity index (χ0) is 14.0. The van der Waals surface area contributed by atoms with Gasteiger partial charge in [-0.15, -0.1) is 11.3 Å². The molecule has 0 bridgehead atoms. The molecule has 1 aromatic heterocycles. The van der Waals surface area contributed by atoms with Gasteiger partial charge in [-0.05, 0) is 43.7 Å². The number of hydrogen-bond donors (Lipinski definition) is 2. The molecule has 5 heteroatoms. The number of carbonyl (C=O) groups is 1. The lowest BCUT2D eigenvalue weighted by molar-refractivity contribution is 0.0951. The maximum atomic E-state index is 13.3. The van der Waals surface area contributed by atoms with Crippen molar-refractivity contribution in [3.05, 3.63) is 51.0 Å². The summed E-state index contributed by atoms with van der Waals surface area (Å²) in [5.74, 6) is -0.877. The maximum Gasteiger partial charge on any atom is 0.251 e. The normalized spacial score (nSPS) is 10.5. The third kappa shape index (κ3) is 3.12. The first-order valence-electron chi connectivity index (χ1n) is 5.86. The Balaban J connectivity index is 2.03. The van der Waals surface area contributed by atoms with Crippen LogP contribution in [0.1, 0.15) is 25.7 Å². The van der Waals surface area contributed by atoms with E-state index in [0.717, 1.165) is 10.9 Å². The van der Waals surface area contributed by atoms with Gasteiger partial charge in [0.15, 0.2) is 0 Å². The number of benzene rings is 1. The third-order valence-electron chi connectivity index (χ3n) is 2.90. The van der Waals surface area contributed by atoms with Crippen LogP contribution in [0.2, 0.25) is 0 Å². The van der Waals surface area contributed by atoms with E-state index in [1.807, 2.05) is 19.9 Å². The molecule has 3 nitrogen and oxygen atoms in total. The lowest BCUT2D eigenvalue weighted by Crippen LogP contribution is -2.22. The van der Waals surface area contributed by atoms with Crippen molar-refractivity contribution in [2.45, 2.75) is 20.4 Å². The number of nitrogen functional groups attached to an aromatic ring is 1. The smallest absolute Gasteiger partial charge is 0.251 e. The predicted molar refractivity (Wildman–Crippen MR) is 75.8 cm³/mol. The van der Waals surface area contributed by atoms with E-state index in [1.165, 1.54) is 22.6 Å². The number of amides is 1. The standard InChI is InChI=1S/C14H15FN2OS/c1-8-5-11(19-9(8)2)7-17-14(18)10-3-4-13(16)12(15)6-10/h3-6H,7,16H2,1-2H3,(H,17,18). The van der Waals surface area contributed by atoms with Crippen molar-refractivity contribution in [3.63, 3.8) is 0 Å². The summed E-state index contributed by atoms with van der Waals surface area (Å²) in [6.45, 7) is 4.53. The Labute approximate surface area is 115 Å². The van der Waals surface area contributed by atoms with Crippen molar-refractivity contribution < 1.29 is 9.18 Å². The van der Waals surface area contributed by atoms with Gasteiger partial charge in [-0.3, -0.25) is 4.79 Å². The molecule has 19 heavy (non-hydrogen) atoms. The highest BCUT2D eigenvalue weighted by atomic mass is 32.1. The van der Waals surface area contributed by atoms with Gasteiger partial charge in [0, 0.05) is 15.3 Å². The minimum Gasteiger partial charge on any atom is -0.396 e. The number of rotatable bonds is 3. The molecule has 0 saturated carbocycles. The highest BCUT2D eigenvalue weighted by Gasteiger charge is 2.09. The summed E-state index contributed by atoms with van der Waals surface area (Å²) in [4.78, 5) is 14.2. The number of carbonyl (C=O) groups excluding carboxylic acids is 1. The number of aryl methyl sites for hydroxylation is 2. The number of anilines is 1. The average molecular weight is 278 g/mol. The van der Waals surface area contributed by atoms with E-state index in [1.54, 1.807) is 11.3 Å². The van der Waals surface area contributed by atoms with Gasteiger partial charge >= 0.3 is 0 Å². The van der Waals surface area contributed by atoms with Gasteiger partial charge in [0.25, 0.3) is 5.91 Å². The van der Waals surface area contributed by atoms with Crippen LogP contribution in [0, 0.1) is 19.7 Å². The predicted octanol–water partition coefficient (Wildman–Crippen LogP) is 3.02. The monoisotopic (exact) mass is 278 g/mol. The molecule has 0 radical (unpaired) electrons. The van der Waals surface area contributed by atoms with E-state index < -0.39 is 5.82 Å². The molecule has 0 spiro atoms. The highest BCUT2D eigenvalue weighted by Crippen LogP contribution is 2.20. The molecule has 1 amide bonds. The van der Waals surface area contributed by atoms with Crippen LogP contribution in [0.15, 0.2) is 24.3 Å². The number of halogens is 1. The Morgan fingerprint density at radius 3 is 2.68 bits per heavy atom. The van der Waals surface area contributed by atoms with Gasteiger partial charge in [-0.1, -0.05) is 0 Å². The summed E-state index contributed by atoms with van der Waals surface area (Å²) in [5.41, 5.74) is 6.90. The highest BCUT2D eigenvalue weighted by molar-refractivity contribution is 7.12. The molecule has 100 valence electrons. The Bertz CT molecular complexity index is 602. The largest absolute Gasteiger partial charge is 0.396 e. The zero-order valence-electron chi connectivity index (χ0n) is 10.8. The van der Waals surface area contributed by atoms with Crippen molar-refractivity contribution in [1.82, 2.24) is 5.32 Å². The molecule has 0 fully saturated rings. The summed E-state index contributed by atoms with van der Waals surface area (Å²) in [6, 6.07) is 6.10. The SMILES string of the molecule is Cc1cc(CNC(=O)c2ccc(N)c(F)c2)sc1C. The van der Waals surface area contributed by atoms with E-state index in [9.17, 15) is 9.18 Å². The van der Waals surface area contributed by atoms with Gasteiger partial charge in [-0.2, -0.15) is 0 Å². The second kappa shape index (κ2) is 5.40. The summed E-state index contributed by atoms with van der Waals surface area (Å²) >= 11 is 1.65. The summed E-state index contributed by atoms with van der Waals surface area (Å²) in [5, 5.41) is 2.77. The zero-order valence-corrected chi connectivity index (χ0v) is 11.6. The fourth-order valence-electron chi connectivity index (χ4n) is 1.67. The lowest BCUT2D eigenvalue weighted by Gasteiger charge is -2.04. The molecule has 0 unspecified atom stereocenters. The van der Waals surface area contributed by atoms with E-state index >= 15 is 0 Å². The van der Waals surface area contributed by atoms with Crippen LogP contribution < -0.4 is 11.1 Å². The molecule has 2 aromatic rings. The molecule has 2 rings (SSSR count). The first-order valence-corrected chi connectivity index (χ1v) is 6.68. The molecular formula is C14H15FN2OS. The van der Waals surface area contributed by atoms with Crippen molar-refractivity contribution in [3.8, 4) is 0 Å². The van der Waals surface area contributed by atoms with E-state index in [0.29, 0.717) is 6.54 Å². The molecule has 0 aliphatic rings. The number of nitrogens with one attached hydrogen (secondary N) is 1. The molecule has 1 aromatic carbocycles. The fraction of sp³-hybridized carbons (Fsp3) is 0.214. The van der Waals surface area contributed by atoms with Gasteiger partial charge in [-0.25, -0.2) is 4.39 Å². The molecular weight excluding hydrogens is 263 g/mol. The summed E-state index contributed by atoms with van der Waals surface area (Å²) < 4.78 is 13.3.